The van der Waals surface area contributed by atoms with Gasteiger partial charge in [0.25, 0.3) is 0 Å². The van der Waals surface area contributed by atoms with Crippen LogP contribution >= 0.6 is 0 Å². The number of pyridine rings is 2. The van der Waals surface area contributed by atoms with Gasteiger partial charge in [0, 0.05) is 35.8 Å². The molecule has 0 saturated carbocycles. The van der Waals surface area contributed by atoms with Gasteiger partial charge in [-0.3, -0.25) is 10.4 Å². The lowest BCUT2D eigenvalue weighted by Gasteiger charge is -2.37. The van der Waals surface area contributed by atoms with E-state index in [0.717, 1.165) is 24.8 Å². The van der Waals surface area contributed by atoms with Crippen LogP contribution in [0.3, 0.4) is 0 Å². The van der Waals surface area contributed by atoms with E-state index < -0.39 is 15.8 Å². The third-order valence-electron chi connectivity index (χ3n) is 6.71. The predicted octanol–water partition coefficient (Wildman–Crippen LogP) is 2.07. The van der Waals surface area contributed by atoms with E-state index in [0.29, 0.717) is 24.0 Å². The molecule has 0 radical (unpaired) electrons. The molecule has 3 saturated heterocycles. The second-order valence-electron chi connectivity index (χ2n) is 9.44. The van der Waals surface area contributed by atoms with E-state index in [9.17, 15) is 8.42 Å². The fourth-order valence-electron chi connectivity index (χ4n) is 5.42. The summed E-state index contributed by atoms with van der Waals surface area (Å²) in [5.41, 5.74) is 7.42. The molecule has 3 aliphatic heterocycles. The van der Waals surface area contributed by atoms with Crippen molar-refractivity contribution < 1.29 is 12.8 Å². The zero-order chi connectivity index (χ0) is 22.6. The molecule has 32 heavy (non-hydrogen) atoms. The fraction of sp³-hybridized carbons (Fsp3) is 0.619. The maximum atomic E-state index is 15.3. The van der Waals surface area contributed by atoms with E-state index in [1.807, 2.05) is 19.9 Å². The normalized spacial score (nSPS) is 30.7. The Morgan fingerprint density at radius 2 is 1.84 bits per heavy atom. The Kier molecular flexibility index (Phi) is 5.47. The van der Waals surface area contributed by atoms with Crippen molar-refractivity contribution in [2.24, 2.45) is 0 Å². The minimum absolute atomic E-state index is 0.000620. The Morgan fingerprint density at radius 3 is 2.47 bits per heavy atom. The van der Waals surface area contributed by atoms with Crippen LogP contribution in [0.25, 0.3) is 10.9 Å². The van der Waals surface area contributed by atoms with Gasteiger partial charge in [0.05, 0.1) is 12.4 Å². The third kappa shape index (κ3) is 4.02. The molecule has 5 heterocycles. The summed E-state index contributed by atoms with van der Waals surface area (Å²) < 4.78 is 41.4. The highest BCUT2D eigenvalue weighted by molar-refractivity contribution is 7.88. The number of aryl methyl sites for hydroxylation is 1. The molecular weight excluding hydrogens is 433 g/mol. The standard InChI is InChI=1S/C21H30FN7O2S/c1-11-6-16-19(23-10-11)18(22)21(25-17-7-12(2)27-28-17)26-20(16)24-13-8-14-4-5-15(9-13)29(14)32(3,30)31/h6,10,12-15,17,27-28H,4-5,7-9H2,1-3H3,(H2,24,25,26)/t12?,13?,14-,15+,17?. The first-order chi connectivity index (χ1) is 15.2. The maximum Gasteiger partial charge on any atom is 0.211 e. The molecule has 4 N–H and O–H groups in total. The molecule has 0 amide bonds. The number of hydrogen-bond donors (Lipinski definition) is 4. The van der Waals surface area contributed by atoms with Gasteiger partial charge >= 0.3 is 0 Å². The molecule has 3 unspecified atom stereocenters. The molecule has 174 valence electrons. The number of anilines is 2. The molecule has 2 bridgehead atoms. The lowest BCUT2D eigenvalue weighted by Crippen LogP contribution is -2.49. The van der Waals surface area contributed by atoms with Crippen LogP contribution in [0.4, 0.5) is 16.0 Å². The van der Waals surface area contributed by atoms with Gasteiger partial charge in [-0.25, -0.2) is 23.2 Å². The highest BCUT2D eigenvalue weighted by Crippen LogP contribution is 2.39. The van der Waals surface area contributed by atoms with Gasteiger partial charge < -0.3 is 10.6 Å². The number of hydrazine groups is 1. The maximum absolute atomic E-state index is 15.3. The van der Waals surface area contributed by atoms with Gasteiger partial charge in [0.2, 0.25) is 10.0 Å². The number of fused-ring (bicyclic) bond motifs is 3. The summed E-state index contributed by atoms with van der Waals surface area (Å²) in [6, 6.07) is 2.22. The van der Waals surface area contributed by atoms with Crippen LogP contribution < -0.4 is 21.5 Å². The van der Waals surface area contributed by atoms with E-state index in [4.69, 9.17) is 0 Å². The number of halogens is 1. The highest BCUT2D eigenvalue weighted by atomic mass is 32.2. The molecule has 3 fully saturated rings. The van der Waals surface area contributed by atoms with E-state index >= 15 is 4.39 Å². The van der Waals surface area contributed by atoms with Crippen molar-refractivity contribution in [1.82, 2.24) is 25.1 Å². The Balaban J connectivity index is 1.45. The van der Waals surface area contributed by atoms with E-state index in [2.05, 4.69) is 31.5 Å². The van der Waals surface area contributed by atoms with Gasteiger partial charge in [-0.05, 0) is 57.6 Å². The van der Waals surface area contributed by atoms with Gasteiger partial charge in [-0.15, -0.1) is 0 Å². The van der Waals surface area contributed by atoms with Crippen molar-refractivity contribution >= 4 is 32.6 Å². The topological polar surface area (TPSA) is 111 Å². The summed E-state index contributed by atoms with van der Waals surface area (Å²) in [7, 11) is -3.22. The number of sulfonamides is 1. The Labute approximate surface area is 187 Å². The Morgan fingerprint density at radius 1 is 1.12 bits per heavy atom. The smallest absolute Gasteiger partial charge is 0.211 e. The third-order valence-corrected chi connectivity index (χ3v) is 8.08. The molecule has 0 aliphatic carbocycles. The summed E-state index contributed by atoms with van der Waals surface area (Å²) in [6.07, 6.45) is 6.75. The SMILES string of the molecule is Cc1cnc2c(F)c(NC3CC(C)NN3)nc(NC3C[C@H]4CC[C@@H](C3)N4S(C)(=O)=O)c2c1. The van der Waals surface area contributed by atoms with E-state index in [-0.39, 0.29) is 41.7 Å². The van der Waals surface area contributed by atoms with Crippen molar-refractivity contribution in [2.45, 2.75) is 76.3 Å². The lowest BCUT2D eigenvalue weighted by molar-refractivity contribution is 0.236. The number of rotatable bonds is 5. The zero-order valence-corrected chi connectivity index (χ0v) is 19.3. The molecule has 11 heteroatoms. The molecule has 0 aromatic carbocycles. The predicted molar refractivity (Wildman–Crippen MR) is 122 cm³/mol. The number of piperidine rings is 1. The summed E-state index contributed by atoms with van der Waals surface area (Å²) >= 11 is 0. The molecule has 5 rings (SSSR count). The Bertz CT molecular complexity index is 1130. The van der Waals surface area contributed by atoms with Gasteiger partial charge in [-0.1, -0.05) is 0 Å². The van der Waals surface area contributed by atoms with Crippen LogP contribution in [0.1, 0.15) is 44.6 Å². The van der Waals surface area contributed by atoms with Crippen molar-refractivity contribution in [3.05, 3.63) is 23.6 Å². The van der Waals surface area contributed by atoms with E-state index in [1.165, 1.54) is 6.26 Å². The summed E-state index contributed by atoms with van der Waals surface area (Å²) in [5.74, 6) is 0.261. The summed E-state index contributed by atoms with van der Waals surface area (Å²) in [6.45, 7) is 3.97. The van der Waals surface area contributed by atoms with Crippen LogP contribution in [-0.2, 0) is 10.0 Å². The molecule has 2 aromatic heterocycles. The van der Waals surface area contributed by atoms with Crippen molar-refractivity contribution in [3.63, 3.8) is 0 Å². The molecule has 5 atom stereocenters. The first-order valence-electron chi connectivity index (χ1n) is 11.2. The average Bonchev–Trinajstić information content (AvgIpc) is 3.25. The highest BCUT2D eigenvalue weighted by Gasteiger charge is 2.45. The molecule has 3 aliphatic rings. The largest absolute Gasteiger partial charge is 0.367 e. The Hall–Kier alpha value is -2.08. The fourth-order valence-corrected chi connectivity index (χ4v) is 6.89. The zero-order valence-electron chi connectivity index (χ0n) is 18.5. The number of aromatic nitrogens is 2. The van der Waals surface area contributed by atoms with Gasteiger partial charge in [0.1, 0.15) is 11.3 Å². The molecule has 9 nitrogen and oxygen atoms in total. The summed E-state index contributed by atoms with van der Waals surface area (Å²) in [5, 5.41) is 7.30. The van der Waals surface area contributed by atoms with Gasteiger partial charge in [-0.2, -0.15) is 4.31 Å². The van der Waals surface area contributed by atoms with Crippen LogP contribution in [0.15, 0.2) is 12.3 Å². The molecule has 0 spiro atoms. The van der Waals surface area contributed by atoms with Crippen molar-refractivity contribution in [3.8, 4) is 0 Å². The average molecular weight is 464 g/mol. The van der Waals surface area contributed by atoms with Crippen LogP contribution in [0.2, 0.25) is 0 Å². The van der Waals surface area contributed by atoms with Crippen LogP contribution in [0.5, 0.6) is 0 Å². The lowest BCUT2D eigenvalue weighted by atomic mass is 9.99. The summed E-state index contributed by atoms with van der Waals surface area (Å²) in [4.78, 5) is 8.98. The number of hydrogen-bond acceptors (Lipinski definition) is 8. The molecular formula is C21H30FN7O2S. The number of nitrogens with one attached hydrogen (secondary N) is 4. The second-order valence-corrected chi connectivity index (χ2v) is 11.3. The van der Waals surface area contributed by atoms with E-state index in [1.54, 1.807) is 10.5 Å². The molecule has 2 aromatic rings. The van der Waals surface area contributed by atoms with Crippen LogP contribution in [-0.4, -0.2) is 59.3 Å². The van der Waals surface area contributed by atoms with Gasteiger partial charge in [0.15, 0.2) is 11.6 Å². The first kappa shape index (κ1) is 21.7. The second kappa shape index (κ2) is 8.05. The minimum atomic E-state index is -3.22. The van der Waals surface area contributed by atoms with Crippen molar-refractivity contribution in [2.75, 3.05) is 16.9 Å². The number of nitrogens with zero attached hydrogens (tertiary/aromatic N) is 3. The van der Waals surface area contributed by atoms with Crippen LogP contribution in [0, 0.1) is 12.7 Å². The quantitative estimate of drug-likeness (QED) is 0.533. The minimum Gasteiger partial charge on any atom is -0.367 e. The van der Waals surface area contributed by atoms with Crippen molar-refractivity contribution in [1.29, 1.82) is 0 Å². The first-order valence-corrected chi connectivity index (χ1v) is 13.0. The monoisotopic (exact) mass is 463 g/mol.